The molecule has 1 heterocycles. The van der Waals surface area contributed by atoms with E-state index < -0.39 is 0 Å². The molecule has 1 atom stereocenters. The molecular weight excluding hydrogens is 248 g/mol. The van der Waals surface area contributed by atoms with Gasteiger partial charge in [0.05, 0.1) is 0 Å². The second-order valence-corrected chi connectivity index (χ2v) is 5.54. The Hall–Kier alpha value is -2.16. The molecule has 0 spiro atoms. The zero-order valence-corrected chi connectivity index (χ0v) is 11.6. The van der Waals surface area contributed by atoms with E-state index in [4.69, 9.17) is 0 Å². The third-order valence-electron chi connectivity index (χ3n) is 3.91. The quantitative estimate of drug-likeness (QED) is 0.834. The minimum atomic E-state index is 0.00760. The van der Waals surface area contributed by atoms with Gasteiger partial charge in [-0.25, -0.2) is 4.99 Å². The van der Waals surface area contributed by atoms with Crippen LogP contribution in [-0.2, 0) is 17.6 Å². The van der Waals surface area contributed by atoms with Crippen molar-refractivity contribution in [3.05, 3.63) is 59.3 Å². The van der Waals surface area contributed by atoms with Crippen LogP contribution in [-0.4, -0.2) is 11.7 Å². The molecule has 3 nitrogen and oxygen atoms in total. The van der Waals surface area contributed by atoms with Crippen LogP contribution in [0.3, 0.4) is 0 Å². The van der Waals surface area contributed by atoms with Crippen LogP contribution in [0.2, 0.25) is 0 Å². The molecule has 3 rings (SSSR count). The number of hydrogen-bond acceptors (Lipinski definition) is 2. The fraction of sp³-hybridized carbons (Fsp3) is 0.294. The Morgan fingerprint density at radius 3 is 2.95 bits per heavy atom. The summed E-state index contributed by atoms with van der Waals surface area (Å²) >= 11 is 0. The molecule has 1 aromatic carbocycles. The van der Waals surface area contributed by atoms with Crippen LogP contribution < -0.4 is 5.32 Å². The minimum absolute atomic E-state index is 0.00760. The molecule has 1 amide bonds. The maximum atomic E-state index is 12.4. The summed E-state index contributed by atoms with van der Waals surface area (Å²) in [5.74, 6) is 0.673. The van der Waals surface area contributed by atoms with Crippen molar-refractivity contribution < 1.29 is 4.79 Å². The highest BCUT2D eigenvalue weighted by Gasteiger charge is 2.28. The molecule has 0 aromatic heterocycles. The van der Waals surface area contributed by atoms with E-state index in [1.54, 1.807) is 6.20 Å². The number of rotatable bonds is 1. The summed E-state index contributed by atoms with van der Waals surface area (Å²) in [6.45, 7) is 6.01. The van der Waals surface area contributed by atoms with Gasteiger partial charge >= 0.3 is 0 Å². The average Bonchev–Trinajstić information content (AvgIpc) is 2.84. The number of fused-ring (bicyclic) bond motifs is 1. The summed E-state index contributed by atoms with van der Waals surface area (Å²) in [5, 5.41) is 2.92. The summed E-state index contributed by atoms with van der Waals surface area (Å²) in [6, 6.07) is 6.43. The maximum absolute atomic E-state index is 12.4. The van der Waals surface area contributed by atoms with E-state index in [-0.39, 0.29) is 11.8 Å². The van der Waals surface area contributed by atoms with Crippen molar-refractivity contribution in [1.82, 2.24) is 5.32 Å². The summed E-state index contributed by atoms with van der Waals surface area (Å²) in [4.78, 5) is 16.5. The lowest BCUT2D eigenvalue weighted by atomic mass is 10.0. The highest BCUT2D eigenvalue weighted by atomic mass is 16.1. The standard InChI is InChI=1S/C17H18N2O/c1-11-5-6-13-9-15(10-14(13)8-11)17(20)19-16-12(2)4-3-7-18-16/h3,5-8,15H,2,4,9-10H2,1H3,(H,18,19,20). The van der Waals surface area contributed by atoms with Gasteiger partial charge < -0.3 is 5.32 Å². The van der Waals surface area contributed by atoms with Crippen LogP contribution in [0.1, 0.15) is 23.1 Å². The van der Waals surface area contributed by atoms with E-state index in [1.807, 2.05) is 6.08 Å². The van der Waals surface area contributed by atoms with E-state index in [9.17, 15) is 4.79 Å². The molecule has 1 unspecified atom stereocenters. The fourth-order valence-corrected chi connectivity index (χ4v) is 2.78. The van der Waals surface area contributed by atoms with Crippen molar-refractivity contribution in [1.29, 1.82) is 0 Å². The molecular formula is C17H18N2O. The van der Waals surface area contributed by atoms with Crippen molar-refractivity contribution in [3.8, 4) is 0 Å². The Morgan fingerprint density at radius 2 is 2.15 bits per heavy atom. The van der Waals surface area contributed by atoms with Crippen molar-refractivity contribution in [2.75, 3.05) is 0 Å². The number of amides is 1. The Labute approximate surface area is 119 Å². The zero-order chi connectivity index (χ0) is 14.1. The molecule has 3 heteroatoms. The molecule has 102 valence electrons. The average molecular weight is 266 g/mol. The fourth-order valence-electron chi connectivity index (χ4n) is 2.78. The van der Waals surface area contributed by atoms with Gasteiger partial charge in [-0.05, 0) is 42.9 Å². The molecule has 0 saturated carbocycles. The number of aliphatic imine (C=N–C) groups is 1. The lowest BCUT2D eigenvalue weighted by Gasteiger charge is -2.15. The number of carbonyl (C=O) groups excluding carboxylic acids is 1. The first-order valence-electron chi connectivity index (χ1n) is 6.93. The van der Waals surface area contributed by atoms with Gasteiger partial charge in [0.25, 0.3) is 0 Å². The summed E-state index contributed by atoms with van der Waals surface area (Å²) < 4.78 is 0. The highest BCUT2D eigenvalue weighted by molar-refractivity contribution is 6.08. The van der Waals surface area contributed by atoms with Crippen LogP contribution in [0.5, 0.6) is 0 Å². The topological polar surface area (TPSA) is 41.5 Å². The van der Waals surface area contributed by atoms with Crippen LogP contribution in [0.15, 0.2) is 47.6 Å². The van der Waals surface area contributed by atoms with Crippen LogP contribution >= 0.6 is 0 Å². The van der Waals surface area contributed by atoms with Gasteiger partial charge in [-0.15, -0.1) is 0 Å². The van der Waals surface area contributed by atoms with Gasteiger partial charge in [-0.2, -0.15) is 0 Å². The van der Waals surface area contributed by atoms with E-state index >= 15 is 0 Å². The SMILES string of the molecule is C=C1CC=CN=C1NC(=O)C1Cc2ccc(C)cc2C1. The van der Waals surface area contributed by atoms with Crippen molar-refractivity contribution in [3.63, 3.8) is 0 Å². The number of nitrogens with zero attached hydrogens (tertiary/aromatic N) is 1. The predicted octanol–water partition coefficient (Wildman–Crippen LogP) is 2.70. The van der Waals surface area contributed by atoms with Gasteiger partial charge in [0.15, 0.2) is 0 Å². The number of benzene rings is 1. The Morgan fingerprint density at radius 1 is 1.35 bits per heavy atom. The smallest absolute Gasteiger partial charge is 0.229 e. The zero-order valence-electron chi connectivity index (χ0n) is 11.6. The summed E-state index contributed by atoms with van der Waals surface area (Å²) in [6.07, 6.45) is 6.04. The Kier molecular flexibility index (Phi) is 3.26. The molecule has 0 saturated heterocycles. The lowest BCUT2D eigenvalue weighted by molar-refractivity contribution is -0.123. The second-order valence-electron chi connectivity index (χ2n) is 5.54. The molecule has 2 aliphatic rings. The maximum Gasteiger partial charge on any atom is 0.229 e. The lowest BCUT2D eigenvalue weighted by Crippen LogP contribution is -2.37. The number of aryl methyl sites for hydroxylation is 1. The highest BCUT2D eigenvalue weighted by Crippen LogP contribution is 2.27. The largest absolute Gasteiger partial charge is 0.310 e. The van der Waals surface area contributed by atoms with Crippen molar-refractivity contribution >= 4 is 11.7 Å². The van der Waals surface area contributed by atoms with Gasteiger partial charge in [0, 0.05) is 12.1 Å². The van der Waals surface area contributed by atoms with Crippen molar-refractivity contribution in [2.45, 2.75) is 26.2 Å². The second kappa shape index (κ2) is 5.08. The Bertz CT molecular complexity index is 640. The molecule has 1 aromatic rings. The molecule has 0 fully saturated rings. The number of carbonyl (C=O) groups is 1. The third-order valence-corrected chi connectivity index (χ3v) is 3.91. The molecule has 0 bridgehead atoms. The van der Waals surface area contributed by atoms with Gasteiger partial charge in [0.2, 0.25) is 5.91 Å². The van der Waals surface area contributed by atoms with Gasteiger partial charge in [-0.1, -0.05) is 36.4 Å². The summed E-state index contributed by atoms with van der Waals surface area (Å²) in [7, 11) is 0. The van der Waals surface area contributed by atoms with E-state index in [0.29, 0.717) is 5.84 Å². The first kappa shape index (κ1) is 12.9. The van der Waals surface area contributed by atoms with E-state index in [0.717, 1.165) is 24.8 Å². The molecule has 1 aliphatic heterocycles. The van der Waals surface area contributed by atoms with Crippen LogP contribution in [0, 0.1) is 12.8 Å². The minimum Gasteiger partial charge on any atom is -0.310 e. The number of nitrogens with one attached hydrogen (secondary N) is 1. The molecule has 20 heavy (non-hydrogen) atoms. The monoisotopic (exact) mass is 266 g/mol. The first-order chi connectivity index (χ1) is 9.63. The van der Waals surface area contributed by atoms with Gasteiger partial charge in [0.1, 0.15) is 5.84 Å². The molecule has 1 aliphatic carbocycles. The number of amidine groups is 1. The van der Waals surface area contributed by atoms with E-state index in [2.05, 4.69) is 42.0 Å². The van der Waals surface area contributed by atoms with Crippen LogP contribution in [0.4, 0.5) is 0 Å². The summed E-state index contributed by atoms with van der Waals surface area (Å²) in [5.41, 5.74) is 4.71. The number of allylic oxidation sites excluding steroid dienone is 1. The Balaban J connectivity index is 1.70. The molecule has 0 radical (unpaired) electrons. The number of hydrogen-bond donors (Lipinski definition) is 1. The molecule has 1 N–H and O–H groups in total. The predicted molar refractivity (Wildman–Crippen MR) is 80.6 cm³/mol. The van der Waals surface area contributed by atoms with Crippen LogP contribution in [0.25, 0.3) is 0 Å². The van der Waals surface area contributed by atoms with Crippen molar-refractivity contribution in [2.24, 2.45) is 10.9 Å². The van der Waals surface area contributed by atoms with Gasteiger partial charge in [-0.3, -0.25) is 4.79 Å². The van der Waals surface area contributed by atoms with E-state index in [1.165, 1.54) is 16.7 Å². The third kappa shape index (κ3) is 2.44. The first-order valence-corrected chi connectivity index (χ1v) is 6.93. The normalized spacial score (nSPS) is 20.6.